The first-order chi connectivity index (χ1) is 18.6. The number of pyridine rings is 1. The molecule has 4 aromatic rings. The van der Waals surface area contributed by atoms with Gasteiger partial charge < -0.3 is 0 Å². The number of allylic oxidation sites excluding steroid dienone is 7. The van der Waals surface area contributed by atoms with Gasteiger partial charge in [-0.2, -0.15) is 0 Å². The van der Waals surface area contributed by atoms with E-state index in [9.17, 15) is 0 Å². The Morgan fingerprint density at radius 1 is 0.816 bits per heavy atom. The molecule has 0 radical (unpaired) electrons. The minimum atomic E-state index is 0.104. The zero-order valence-corrected chi connectivity index (χ0v) is 22.0. The Morgan fingerprint density at radius 3 is 2.11 bits per heavy atom. The van der Waals surface area contributed by atoms with Gasteiger partial charge >= 0.3 is 0 Å². The van der Waals surface area contributed by atoms with E-state index < -0.39 is 0 Å². The van der Waals surface area contributed by atoms with Crippen molar-refractivity contribution in [2.45, 2.75) is 39.0 Å². The highest BCUT2D eigenvalue weighted by Crippen LogP contribution is 2.32. The first kappa shape index (κ1) is 25.2. The predicted octanol–water partition coefficient (Wildman–Crippen LogP) is 8.27. The normalized spacial score (nSPS) is 14.4. The third-order valence-electron chi connectivity index (χ3n) is 6.86. The third kappa shape index (κ3) is 5.92. The van der Waals surface area contributed by atoms with Crippen molar-refractivity contribution in [3.8, 4) is 11.4 Å². The predicted molar refractivity (Wildman–Crippen MR) is 157 cm³/mol. The molecule has 4 nitrogen and oxygen atoms in total. The summed E-state index contributed by atoms with van der Waals surface area (Å²) in [6, 6.07) is 24.8. The molecule has 0 spiro atoms. The van der Waals surface area contributed by atoms with Gasteiger partial charge in [-0.3, -0.25) is 4.98 Å². The monoisotopic (exact) mass is 496 g/mol. The van der Waals surface area contributed by atoms with E-state index in [0.29, 0.717) is 5.82 Å². The molecule has 38 heavy (non-hydrogen) atoms. The van der Waals surface area contributed by atoms with E-state index in [1.54, 1.807) is 0 Å². The van der Waals surface area contributed by atoms with Gasteiger partial charge in [0.1, 0.15) is 5.82 Å². The lowest BCUT2D eigenvalue weighted by molar-refractivity contribution is 0.702. The van der Waals surface area contributed by atoms with Crippen LogP contribution in [0.4, 0.5) is 0 Å². The fourth-order valence-corrected chi connectivity index (χ4v) is 4.56. The third-order valence-corrected chi connectivity index (χ3v) is 6.86. The largest absolute Gasteiger partial charge is 0.261 e. The number of hydrogen-bond acceptors (Lipinski definition) is 4. The summed E-state index contributed by atoms with van der Waals surface area (Å²) in [5.74, 6) is 2.38. The van der Waals surface area contributed by atoms with Crippen LogP contribution in [0.25, 0.3) is 28.1 Å². The highest BCUT2D eigenvalue weighted by atomic mass is 15.0. The maximum absolute atomic E-state index is 4.98. The zero-order valence-electron chi connectivity index (χ0n) is 22.0. The second kappa shape index (κ2) is 11.7. The molecule has 5 rings (SSSR count). The maximum Gasteiger partial charge on any atom is 0.163 e. The van der Waals surface area contributed by atoms with Crippen LogP contribution in [0.15, 0.2) is 110 Å². The quantitative estimate of drug-likeness (QED) is 0.230. The van der Waals surface area contributed by atoms with Gasteiger partial charge in [-0.05, 0) is 60.1 Å². The topological polar surface area (TPSA) is 51.6 Å². The molecule has 2 aromatic heterocycles. The van der Waals surface area contributed by atoms with Crippen molar-refractivity contribution in [1.29, 1.82) is 0 Å². The molecule has 1 aliphatic carbocycles. The van der Waals surface area contributed by atoms with E-state index in [0.717, 1.165) is 58.9 Å². The zero-order chi connectivity index (χ0) is 26.3. The molecule has 0 saturated heterocycles. The molecule has 4 heteroatoms. The summed E-state index contributed by atoms with van der Waals surface area (Å²) in [6.45, 7) is 8.18. The number of aromatic nitrogens is 4. The summed E-state index contributed by atoms with van der Waals surface area (Å²) in [5.41, 5.74) is 7.88. The van der Waals surface area contributed by atoms with E-state index >= 15 is 0 Å². The van der Waals surface area contributed by atoms with Crippen molar-refractivity contribution in [3.05, 3.63) is 138 Å². The first-order valence-electron chi connectivity index (χ1n) is 13.1. The number of rotatable bonds is 8. The summed E-state index contributed by atoms with van der Waals surface area (Å²) >= 11 is 0. The average molecular weight is 497 g/mol. The molecule has 2 aromatic carbocycles. The SMILES string of the molecule is C=C/C(=C\CC(C)c1nc(C2=CC=C(c3ccccc3)CC2)nc(-c2ccccc2)n1)c1ccc(C)nc1. The molecule has 2 heterocycles. The minimum Gasteiger partial charge on any atom is -0.261 e. The Kier molecular flexibility index (Phi) is 7.79. The second-order valence-corrected chi connectivity index (χ2v) is 9.65. The van der Waals surface area contributed by atoms with Crippen molar-refractivity contribution in [2.24, 2.45) is 0 Å². The molecule has 0 N–H and O–H groups in total. The van der Waals surface area contributed by atoms with Gasteiger partial charge in [0, 0.05) is 23.4 Å². The number of aryl methyl sites for hydroxylation is 1. The standard InChI is InChI=1S/C34H32N4/c1-4-26(31-18-16-25(3)35-23-31)17-15-24(2)32-36-33(29-13-9-6-10-14-29)38-34(37-32)30-21-19-28(20-22-30)27-11-7-5-8-12-27/h4-14,16-19,21,23-24H,1,15,20,22H2,2-3H3/b26-17+. The molecule has 1 unspecified atom stereocenters. The van der Waals surface area contributed by atoms with Crippen molar-refractivity contribution < 1.29 is 0 Å². The fourth-order valence-electron chi connectivity index (χ4n) is 4.56. The summed E-state index contributed by atoms with van der Waals surface area (Å²) in [7, 11) is 0. The number of benzene rings is 2. The molecule has 0 aliphatic heterocycles. The molecular weight excluding hydrogens is 464 g/mol. The van der Waals surface area contributed by atoms with Crippen molar-refractivity contribution in [3.63, 3.8) is 0 Å². The summed E-state index contributed by atoms with van der Waals surface area (Å²) < 4.78 is 0. The molecular formula is C34H32N4. The van der Waals surface area contributed by atoms with Crippen LogP contribution in [0.5, 0.6) is 0 Å². The Morgan fingerprint density at radius 2 is 1.47 bits per heavy atom. The average Bonchev–Trinajstić information content (AvgIpc) is 2.99. The Balaban J connectivity index is 1.47. The molecule has 188 valence electrons. The molecule has 0 bridgehead atoms. The van der Waals surface area contributed by atoms with Crippen LogP contribution in [0.2, 0.25) is 0 Å². The van der Waals surface area contributed by atoms with Gasteiger partial charge in [0.05, 0.1) is 0 Å². The van der Waals surface area contributed by atoms with Crippen LogP contribution in [-0.4, -0.2) is 19.9 Å². The fraction of sp³-hybridized carbons (Fsp3) is 0.176. The van der Waals surface area contributed by atoms with Gasteiger partial charge in [0.2, 0.25) is 0 Å². The molecule has 1 aliphatic rings. The van der Waals surface area contributed by atoms with E-state index in [4.69, 9.17) is 15.0 Å². The molecule has 1 atom stereocenters. The van der Waals surface area contributed by atoms with Crippen LogP contribution in [-0.2, 0) is 0 Å². The van der Waals surface area contributed by atoms with Crippen LogP contribution >= 0.6 is 0 Å². The Bertz CT molecular complexity index is 1500. The van der Waals surface area contributed by atoms with Gasteiger partial charge in [-0.15, -0.1) is 0 Å². The lowest BCUT2D eigenvalue weighted by Gasteiger charge is -2.17. The number of nitrogens with zero attached hydrogens (tertiary/aromatic N) is 4. The molecule has 0 amide bonds. The van der Waals surface area contributed by atoms with E-state index in [2.05, 4.69) is 85.2 Å². The summed E-state index contributed by atoms with van der Waals surface area (Å²) in [5, 5.41) is 0. The van der Waals surface area contributed by atoms with Gasteiger partial charge in [0.15, 0.2) is 11.6 Å². The lowest BCUT2D eigenvalue weighted by atomic mass is 9.93. The van der Waals surface area contributed by atoms with Crippen LogP contribution < -0.4 is 0 Å². The Hall–Kier alpha value is -4.44. The smallest absolute Gasteiger partial charge is 0.163 e. The van der Waals surface area contributed by atoms with Crippen molar-refractivity contribution in [2.75, 3.05) is 0 Å². The highest BCUT2D eigenvalue weighted by Gasteiger charge is 2.18. The van der Waals surface area contributed by atoms with Crippen molar-refractivity contribution >= 4 is 16.7 Å². The first-order valence-corrected chi connectivity index (χ1v) is 13.1. The van der Waals surface area contributed by atoms with E-state index in [1.165, 1.54) is 11.1 Å². The van der Waals surface area contributed by atoms with E-state index in [1.807, 2.05) is 43.5 Å². The van der Waals surface area contributed by atoms with Gasteiger partial charge in [-0.25, -0.2) is 15.0 Å². The van der Waals surface area contributed by atoms with Gasteiger partial charge in [0.25, 0.3) is 0 Å². The maximum atomic E-state index is 4.98. The van der Waals surface area contributed by atoms with Crippen LogP contribution in [0.1, 0.15) is 60.6 Å². The Labute approximate surface area is 225 Å². The van der Waals surface area contributed by atoms with Crippen LogP contribution in [0.3, 0.4) is 0 Å². The lowest BCUT2D eigenvalue weighted by Crippen LogP contribution is -2.09. The van der Waals surface area contributed by atoms with Crippen molar-refractivity contribution in [1.82, 2.24) is 19.9 Å². The molecule has 0 saturated carbocycles. The number of hydrogen-bond donors (Lipinski definition) is 0. The molecule has 0 fully saturated rings. The summed E-state index contributed by atoms with van der Waals surface area (Å²) in [4.78, 5) is 19.2. The minimum absolute atomic E-state index is 0.104. The second-order valence-electron chi connectivity index (χ2n) is 9.65. The highest BCUT2D eigenvalue weighted by molar-refractivity contribution is 5.76. The van der Waals surface area contributed by atoms with E-state index in [-0.39, 0.29) is 5.92 Å². The van der Waals surface area contributed by atoms with Crippen LogP contribution in [0, 0.1) is 6.92 Å². The summed E-state index contributed by atoms with van der Waals surface area (Å²) in [6.07, 6.45) is 13.0. The van der Waals surface area contributed by atoms with Gasteiger partial charge in [-0.1, -0.05) is 105 Å².